The molecule has 0 bridgehead atoms. The monoisotopic (exact) mass is 348 g/mol. The Balaban J connectivity index is 2.10. The van der Waals surface area contributed by atoms with Crippen molar-refractivity contribution in [1.82, 2.24) is 0 Å². The van der Waals surface area contributed by atoms with E-state index in [9.17, 15) is 0 Å². The van der Waals surface area contributed by atoms with Gasteiger partial charge in [-0.1, -0.05) is 0 Å². The van der Waals surface area contributed by atoms with Gasteiger partial charge in [0.1, 0.15) is 5.75 Å². The molecule has 0 saturated heterocycles. The molecule has 96 valence electrons. The van der Waals surface area contributed by atoms with Gasteiger partial charge in [-0.15, -0.1) is 0 Å². The zero-order chi connectivity index (χ0) is 12.5. The molecule has 0 aliphatic heterocycles. The van der Waals surface area contributed by atoms with E-state index in [4.69, 9.17) is 4.74 Å². The average molecular weight is 348 g/mol. The maximum Gasteiger partial charge on any atom is 0.119 e. The van der Waals surface area contributed by atoms with E-state index in [1.54, 1.807) is 4.90 Å². The van der Waals surface area contributed by atoms with Crippen LogP contribution in [0.4, 0.5) is 0 Å². The molecular weight excluding hydrogens is 325 g/mol. The average Bonchev–Trinajstić information content (AvgIpc) is 2.36. The molecule has 0 aliphatic carbocycles. The summed E-state index contributed by atoms with van der Waals surface area (Å²) < 4.78 is 6.95. The highest BCUT2D eigenvalue weighted by atomic mass is 127. The number of unbranched alkanes of at least 4 members (excludes halogenated alkanes) is 1. The van der Waals surface area contributed by atoms with Gasteiger partial charge in [-0.25, -0.2) is 0 Å². The van der Waals surface area contributed by atoms with Gasteiger partial charge in [-0.3, -0.25) is 0 Å². The maximum absolute atomic E-state index is 5.70. The fourth-order valence-electron chi connectivity index (χ4n) is 1.80. The first kappa shape index (κ1) is 14.8. The summed E-state index contributed by atoms with van der Waals surface area (Å²) in [7, 11) is 0. The van der Waals surface area contributed by atoms with Gasteiger partial charge in [0.25, 0.3) is 0 Å². The fraction of sp³-hybridized carbons (Fsp3) is 0.571. The van der Waals surface area contributed by atoms with Crippen LogP contribution in [0.1, 0.15) is 26.7 Å². The molecule has 0 heterocycles. The Kier molecular flexibility index (Phi) is 7.60. The minimum atomic E-state index is 0.835. The van der Waals surface area contributed by atoms with Crippen molar-refractivity contribution in [2.45, 2.75) is 26.7 Å². The van der Waals surface area contributed by atoms with Crippen LogP contribution in [0.3, 0.4) is 0 Å². The number of nitrogens with one attached hydrogen (secondary N) is 1. The molecule has 0 unspecified atom stereocenters. The van der Waals surface area contributed by atoms with Crippen molar-refractivity contribution in [3.8, 4) is 5.75 Å². The smallest absolute Gasteiger partial charge is 0.119 e. The number of hydrogen-bond acceptors (Lipinski definition) is 1. The van der Waals surface area contributed by atoms with Crippen molar-refractivity contribution >= 4 is 22.6 Å². The van der Waals surface area contributed by atoms with Crippen LogP contribution in [-0.2, 0) is 0 Å². The molecule has 0 aliphatic rings. The Morgan fingerprint density at radius 2 is 1.71 bits per heavy atom. The number of ether oxygens (including phenoxy) is 1. The SMILES string of the molecule is CC[NH+](CC)CCCCOc1ccc(I)cc1. The van der Waals surface area contributed by atoms with Crippen molar-refractivity contribution in [2.75, 3.05) is 26.2 Å². The van der Waals surface area contributed by atoms with Crippen LogP contribution in [-0.4, -0.2) is 26.2 Å². The van der Waals surface area contributed by atoms with E-state index >= 15 is 0 Å². The number of benzene rings is 1. The molecule has 1 rings (SSSR count). The van der Waals surface area contributed by atoms with Crippen LogP contribution >= 0.6 is 22.6 Å². The predicted molar refractivity (Wildman–Crippen MR) is 80.8 cm³/mol. The van der Waals surface area contributed by atoms with Crippen molar-refractivity contribution in [2.24, 2.45) is 0 Å². The highest BCUT2D eigenvalue weighted by Gasteiger charge is 2.01. The summed E-state index contributed by atoms with van der Waals surface area (Å²) in [6.07, 6.45) is 2.40. The molecule has 1 N–H and O–H groups in total. The summed E-state index contributed by atoms with van der Waals surface area (Å²) in [5.74, 6) is 0.987. The zero-order valence-corrected chi connectivity index (χ0v) is 13.0. The molecule has 0 saturated carbocycles. The first-order chi connectivity index (χ1) is 8.26. The third-order valence-corrected chi connectivity index (χ3v) is 3.73. The Morgan fingerprint density at radius 1 is 1.06 bits per heavy atom. The molecule has 0 amide bonds. The molecule has 1 aromatic carbocycles. The molecule has 1 aromatic rings. The topological polar surface area (TPSA) is 13.7 Å². The van der Waals surface area contributed by atoms with E-state index in [-0.39, 0.29) is 0 Å². The highest BCUT2D eigenvalue weighted by molar-refractivity contribution is 14.1. The molecular formula is C14H23INO+. The molecule has 0 radical (unpaired) electrons. The molecule has 17 heavy (non-hydrogen) atoms. The van der Waals surface area contributed by atoms with Crippen LogP contribution in [0.5, 0.6) is 5.75 Å². The quantitative estimate of drug-likeness (QED) is 0.563. The first-order valence-corrected chi connectivity index (χ1v) is 7.56. The van der Waals surface area contributed by atoms with E-state index < -0.39 is 0 Å². The Bertz CT molecular complexity index is 296. The second-order valence-electron chi connectivity index (χ2n) is 4.22. The summed E-state index contributed by atoms with van der Waals surface area (Å²) in [5.41, 5.74) is 0. The van der Waals surface area contributed by atoms with Crippen molar-refractivity contribution in [1.29, 1.82) is 0 Å². The van der Waals surface area contributed by atoms with Gasteiger partial charge in [0, 0.05) is 3.57 Å². The molecule has 0 spiro atoms. The number of hydrogen-bond donors (Lipinski definition) is 1. The molecule has 2 nitrogen and oxygen atoms in total. The van der Waals surface area contributed by atoms with Crippen LogP contribution < -0.4 is 9.64 Å². The normalized spacial score (nSPS) is 10.8. The van der Waals surface area contributed by atoms with Gasteiger partial charge in [0.2, 0.25) is 0 Å². The predicted octanol–water partition coefficient (Wildman–Crippen LogP) is 2.37. The van der Waals surface area contributed by atoms with Crippen LogP contribution in [0.2, 0.25) is 0 Å². The zero-order valence-electron chi connectivity index (χ0n) is 10.8. The lowest BCUT2D eigenvalue weighted by Gasteiger charge is -2.15. The van der Waals surface area contributed by atoms with E-state index in [0.29, 0.717) is 0 Å². The van der Waals surface area contributed by atoms with E-state index in [1.807, 2.05) is 12.1 Å². The number of halogens is 1. The largest absolute Gasteiger partial charge is 0.494 e. The lowest BCUT2D eigenvalue weighted by molar-refractivity contribution is -0.896. The number of quaternary nitrogens is 1. The Hall–Kier alpha value is -0.290. The van der Waals surface area contributed by atoms with E-state index in [0.717, 1.165) is 18.8 Å². The van der Waals surface area contributed by atoms with Gasteiger partial charge in [0.05, 0.1) is 26.2 Å². The Labute approximate surface area is 118 Å². The lowest BCUT2D eigenvalue weighted by Crippen LogP contribution is -3.11. The summed E-state index contributed by atoms with van der Waals surface area (Å²) >= 11 is 2.30. The summed E-state index contributed by atoms with van der Waals surface area (Å²) in [4.78, 5) is 1.68. The number of rotatable bonds is 8. The highest BCUT2D eigenvalue weighted by Crippen LogP contribution is 2.13. The molecule has 3 heteroatoms. The van der Waals surface area contributed by atoms with Crippen molar-refractivity contribution in [3.05, 3.63) is 27.8 Å². The van der Waals surface area contributed by atoms with E-state index in [1.165, 1.54) is 29.6 Å². The third kappa shape index (κ3) is 6.27. The fourth-order valence-corrected chi connectivity index (χ4v) is 2.16. The van der Waals surface area contributed by atoms with Gasteiger partial charge in [-0.2, -0.15) is 0 Å². The molecule has 0 atom stereocenters. The first-order valence-electron chi connectivity index (χ1n) is 6.48. The van der Waals surface area contributed by atoms with Crippen LogP contribution in [0, 0.1) is 3.57 Å². The van der Waals surface area contributed by atoms with Crippen molar-refractivity contribution < 1.29 is 9.64 Å². The Morgan fingerprint density at radius 3 is 2.29 bits per heavy atom. The van der Waals surface area contributed by atoms with E-state index in [2.05, 4.69) is 48.6 Å². The van der Waals surface area contributed by atoms with Crippen molar-refractivity contribution in [3.63, 3.8) is 0 Å². The van der Waals surface area contributed by atoms with Gasteiger partial charge in [-0.05, 0) is 73.5 Å². The second kappa shape index (κ2) is 8.75. The maximum atomic E-state index is 5.70. The van der Waals surface area contributed by atoms with Crippen LogP contribution in [0.25, 0.3) is 0 Å². The second-order valence-corrected chi connectivity index (χ2v) is 5.46. The molecule has 0 aromatic heterocycles. The van der Waals surface area contributed by atoms with Gasteiger partial charge >= 0.3 is 0 Å². The summed E-state index contributed by atoms with van der Waals surface area (Å²) in [6, 6.07) is 8.24. The van der Waals surface area contributed by atoms with Crippen LogP contribution in [0.15, 0.2) is 24.3 Å². The van der Waals surface area contributed by atoms with Gasteiger partial charge < -0.3 is 9.64 Å². The standard InChI is InChI=1S/C14H22INO/c1-3-16(4-2)11-5-6-12-17-14-9-7-13(15)8-10-14/h7-10H,3-6,11-12H2,1-2H3/p+1. The lowest BCUT2D eigenvalue weighted by atomic mass is 10.3. The molecule has 0 fully saturated rings. The third-order valence-electron chi connectivity index (χ3n) is 3.01. The summed E-state index contributed by atoms with van der Waals surface area (Å²) in [5, 5.41) is 0. The van der Waals surface area contributed by atoms with Gasteiger partial charge in [0.15, 0.2) is 0 Å². The minimum absolute atomic E-state index is 0.835. The minimum Gasteiger partial charge on any atom is -0.494 e. The summed E-state index contributed by atoms with van der Waals surface area (Å²) in [6.45, 7) is 9.06.